The Hall–Kier alpha value is -3.50. The number of carboxylic acids is 1. The number of hydrogen-bond donors (Lipinski definition) is 1. The van der Waals surface area contributed by atoms with Gasteiger partial charge in [0.25, 0.3) is 0 Å². The van der Waals surface area contributed by atoms with Crippen molar-refractivity contribution in [1.82, 2.24) is 10.1 Å². The van der Waals surface area contributed by atoms with Gasteiger partial charge in [-0.25, -0.2) is 23.6 Å². The van der Waals surface area contributed by atoms with Gasteiger partial charge in [0, 0.05) is 24.1 Å². The highest BCUT2D eigenvalue weighted by atomic mass is 32.1. The van der Waals surface area contributed by atoms with Crippen LogP contribution in [0.5, 0.6) is 0 Å². The Morgan fingerprint density at radius 2 is 2.00 bits per heavy atom. The number of rotatable bonds is 11. The van der Waals surface area contributed by atoms with Gasteiger partial charge in [-0.05, 0) is 55.5 Å². The Morgan fingerprint density at radius 1 is 1.21 bits per heavy atom. The van der Waals surface area contributed by atoms with Crippen molar-refractivity contribution in [2.24, 2.45) is 10.9 Å². The second-order valence-electron chi connectivity index (χ2n) is 10.2. The van der Waals surface area contributed by atoms with Crippen LogP contribution in [-0.4, -0.2) is 33.5 Å². The van der Waals surface area contributed by atoms with E-state index in [1.165, 1.54) is 42.0 Å². The molecule has 1 atom stereocenters. The molecule has 202 valence electrons. The van der Waals surface area contributed by atoms with Crippen LogP contribution >= 0.6 is 11.3 Å². The van der Waals surface area contributed by atoms with Gasteiger partial charge in [-0.15, -0.1) is 0 Å². The first kappa shape index (κ1) is 25.8. The summed E-state index contributed by atoms with van der Waals surface area (Å²) in [6, 6.07) is 8.58. The third-order valence-corrected chi connectivity index (χ3v) is 8.37. The van der Waals surface area contributed by atoms with Crippen LogP contribution in [0.2, 0.25) is 0 Å². The van der Waals surface area contributed by atoms with Crippen LogP contribution in [0, 0.1) is 17.6 Å². The Kier molecular flexibility index (Phi) is 7.22. The predicted molar refractivity (Wildman–Crippen MR) is 144 cm³/mol. The van der Waals surface area contributed by atoms with Gasteiger partial charge in [0.2, 0.25) is 5.13 Å². The van der Waals surface area contributed by atoms with E-state index in [4.69, 9.17) is 9.26 Å². The first-order valence-corrected chi connectivity index (χ1v) is 14.0. The third kappa shape index (κ3) is 5.62. The largest absolute Gasteiger partial charge is 0.478 e. The number of thiazole rings is 1. The van der Waals surface area contributed by atoms with Gasteiger partial charge in [0.15, 0.2) is 0 Å². The normalized spacial score (nSPS) is 16.7. The molecule has 0 amide bonds. The van der Waals surface area contributed by atoms with Crippen LogP contribution in [0.1, 0.15) is 72.5 Å². The number of nitrogens with zero attached hydrogens (tertiary/aromatic N) is 3. The zero-order chi connectivity index (χ0) is 26.9. The van der Waals surface area contributed by atoms with E-state index >= 15 is 0 Å². The van der Waals surface area contributed by atoms with Crippen molar-refractivity contribution in [3.8, 4) is 11.3 Å². The summed E-state index contributed by atoms with van der Waals surface area (Å²) in [7, 11) is 0. The summed E-state index contributed by atoms with van der Waals surface area (Å²) in [6.45, 7) is 0.142. The molecule has 2 saturated carbocycles. The fourth-order valence-corrected chi connectivity index (χ4v) is 5.80. The summed E-state index contributed by atoms with van der Waals surface area (Å²) in [5.74, 6) is -0.919. The molecule has 0 bridgehead atoms. The number of halogens is 2. The Morgan fingerprint density at radius 3 is 2.69 bits per heavy atom. The first-order chi connectivity index (χ1) is 19.0. The van der Waals surface area contributed by atoms with E-state index in [-0.39, 0.29) is 35.4 Å². The van der Waals surface area contributed by atoms with Crippen molar-refractivity contribution in [3.63, 3.8) is 0 Å². The van der Waals surface area contributed by atoms with Crippen LogP contribution in [0.4, 0.5) is 13.9 Å². The summed E-state index contributed by atoms with van der Waals surface area (Å²) in [5.41, 5.74) is 1.50. The maximum Gasteiger partial charge on any atom is 0.335 e. The quantitative estimate of drug-likeness (QED) is 0.192. The molecular formula is C29H27F2N3O4S. The lowest BCUT2D eigenvalue weighted by molar-refractivity contribution is 0.0201. The lowest BCUT2D eigenvalue weighted by atomic mass is 9.81. The molecule has 0 spiro atoms. The van der Waals surface area contributed by atoms with Gasteiger partial charge >= 0.3 is 5.97 Å². The van der Waals surface area contributed by atoms with E-state index in [1.54, 1.807) is 18.3 Å². The fourth-order valence-electron chi connectivity index (χ4n) is 4.93. The predicted octanol–water partition coefficient (Wildman–Crippen LogP) is 7.67. The molecule has 0 saturated heterocycles. The van der Waals surface area contributed by atoms with Gasteiger partial charge in [0.1, 0.15) is 23.1 Å². The average molecular weight is 552 g/mol. The number of aliphatic imine (C=N–C) groups is 1. The summed E-state index contributed by atoms with van der Waals surface area (Å²) < 4.78 is 42.0. The number of carbonyl (C=O) groups is 1. The number of ether oxygens (including phenoxy) is 1. The fraction of sp³-hybridized carbons (Fsp3) is 0.379. The molecular weight excluding hydrogens is 524 g/mol. The highest BCUT2D eigenvalue weighted by Crippen LogP contribution is 2.45. The van der Waals surface area contributed by atoms with E-state index in [0.717, 1.165) is 36.8 Å². The molecule has 6 rings (SSSR count). The van der Waals surface area contributed by atoms with Gasteiger partial charge in [-0.2, -0.15) is 0 Å². The van der Waals surface area contributed by atoms with Gasteiger partial charge < -0.3 is 14.4 Å². The molecule has 39 heavy (non-hydrogen) atoms. The molecule has 2 heterocycles. The highest BCUT2D eigenvalue weighted by molar-refractivity contribution is 7.22. The standard InChI is InChI=1S/C29H27F2N3O4S/c30-21-5-2-6-22(31)25(21)26-20(27(38-34-26)17-7-8-17)15-37-19(13-16-3-1-4-16)11-12-32-29-33-23-10-9-18(28(35)36)14-24(23)39-29/h2,5-6,9-10,12,14,16-17,19H,1,3-4,7-8,11,13,15H2,(H,35,36)/b32-12+. The zero-order valence-corrected chi connectivity index (χ0v) is 21.9. The number of fused-ring (bicyclic) bond motifs is 1. The number of hydrogen-bond acceptors (Lipinski definition) is 7. The van der Waals surface area contributed by atoms with Crippen molar-refractivity contribution in [2.45, 2.75) is 63.6 Å². The summed E-state index contributed by atoms with van der Waals surface area (Å²) >= 11 is 1.33. The highest BCUT2D eigenvalue weighted by Gasteiger charge is 2.34. The van der Waals surface area contributed by atoms with Crippen molar-refractivity contribution in [2.75, 3.05) is 0 Å². The van der Waals surface area contributed by atoms with Crippen LogP contribution in [0.25, 0.3) is 21.5 Å². The maximum absolute atomic E-state index is 14.6. The summed E-state index contributed by atoms with van der Waals surface area (Å²) in [4.78, 5) is 20.3. The number of carboxylic acid groups (broad SMARTS) is 1. The molecule has 10 heteroatoms. The number of aromatic nitrogens is 2. The maximum atomic E-state index is 14.6. The van der Waals surface area contributed by atoms with Crippen LogP contribution in [0.15, 0.2) is 45.9 Å². The van der Waals surface area contributed by atoms with Crippen molar-refractivity contribution in [1.29, 1.82) is 0 Å². The molecule has 1 unspecified atom stereocenters. The number of benzene rings is 2. The van der Waals surface area contributed by atoms with E-state index in [9.17, 15) is 18.7 Å². The van der Waals surface area contributed by atoms with E-state index in [2.05, 4.69) is 15.1 Å². The van der Waals surface area contributed by atoms with Crippen molar-refractivity contribution in [3.05, 3.63) is 64.9 Å². The molecule has 2 aromatic carbocycles. The molecule has 1 N–H and O–H groups in total. The molecule has 2 aliphatic rings. The minimum absolute atomic E-state index is 0.142. The van der Waals surface area contributed by atoms with Gasteiger partial charge in [0.05, 0.1) is 34.1 Å². The number of aromatic carboxylic acids is 1. The Labute approximate surface area is 227 Å². The smallest absolute Gasteiger partial charge is 0.335 e. The van der Waals surface area contributed by atoms with Crippen LogP contribution < -0.4 is 0 Å². The minimum Gasteiger partial charge on any atom is -0.478 e. The Bertz CT molecular complexity index is 1520. The van der Waals surface area contributed by atoms with Crippen molar-refractivity contribution < 1.29 is 27.9 Å². The molecule has 2 fully saturated rings. The monoisotopic (exact) mass is 551 g/mol. The second kappa shape index (κ2) is 10.9. The van der Waals surface area contributed by atoms with Crippen molar-refractivity contribution >= 4 is 38.9 Å². The first-order valence-electron chi connectivity index (χ1n) is 13.2. The van der Waals surface area contributed by atoms with Crippen LogP contribution in [-0.2, 0) is 11.3 Å². The zero-order valence-electron chi connectivity index (χ0n) is 21.1. The SMILES string of the molecule is O=C(O)c1ccc2nc(/N=C/CC(CC3CCC3)OCc3c(-c4c(F)cccc4F)noc3C3CC3)sc2c1. The second-order valence-corrected chi connectivity index (χ2v) is 11.3. The van der Waals surface area contributed by atoms with E-state index < -0.39 is 17.6 Å². The van der Waals surface area contributed by atoms with E-state index in [0.29, 0.717) is 34.3 Å². The van der Waals surface area contributed by atoms with Gasteiger partial charge in [-0.1, -0.05) is 41.8 Å². The minimum atomic E-state index is -0.982. The summed E-state index contributed by atoms with van der Waals surface area (Å²) in [5, 5.41) is 13.8. The third-order valence-electron chi connectivity index (χ3n) is 7.44. The molecule has 2 aliphatic carbocycles. The molecule has 0 radical (unpaired) electrons. The summed E-state index contributed by atoms with van der Waals surface area (Å²) in [6.07, 6.45) is 8.48. The topological polar surface area (TPSA) is 97.8 Å². The van der Waals surface area contributed by atoms with E-state index in [1.807, 2.05) is 0 Å². The average Bonchev–Trinajstić information content (AvgIpc) is 3.52. The molecule has 7 nitrogen and oxygen atoms in total. The molecule has 2 aromatic heterocycles. The molecule has 4 aromatic rings. The van der Waals surface area contributed by atoms with Gasteiger partial charge in [-0.3, -0.25) is 0 Å². The molecule has 0 aliphatic heterocycles. The lowest BCUT2D eigenvalue weighted by Gasteiger charge is -2.29. The lowest BCUT2D eigenvalue weighted by Crippen LogP contribution is -2.22. The Balaban J connectivity index is 1.20. The van der Waals surface area contributed by atoms with Crippen LogP contribution in [0.3, 0.4) is 0 Å².